The minimum Gasteiger partial charge on any atom is -0.490 e. The zero-order chi connectivity index (χ0) is 25.8. The lowest BCUT2D eigenvalue weighted by Crippen LogP contribution is -2.12. The second-order valence-corrected chi connectivity index (χ2v) is 7.54. The van der Waals surface area contributed by atoms with Crippen molar-refractivity contribution in [3.8, 4) is 28.4 Å². The highest BCUT2D eigenvalue weighted by molar-refractivity contribution is 5.91. The second kappa shape index (κ2) is 13.3. The summed E-state index contributed by atoms with van der Waals surface area (Å²) in [7, 11) is 0. The van der Waals surface area contributed by atoms with Crippen molar-refractivity contribution >= 4 is 18.4 Å². The van der Waals surface area contributed by atoms with E-state index < -0.39 is 11.9 Å². The summed E-state index contributed by atoms with van der Waals surface area (Å²) in [6.45, 7) is 6.23. The third kappa shape index (κ3) is 8.02. The Kier molecular flexibility index (Phi) is 9.64. The lowest BCUT2D eigenvalue weighted by molar-refractivity contribution is -0.139. The van der Waals surface area contributed by atoms with Gasteiger partial charge in [-0.1, -0.05) is 30.8 Å². The molecular formula is C28H26O8. The Morgan fingerprint density at radius 3 is 1.78 bits per heavy atom. The van der Waals surface area contributed by atoms with Crippen molar-refractivity contribution < 1.29 is 38.1 Å². The van der Waals surface area contributed by atoms with E-state index in [1.165, 1.54) is 0 Å². The fourth-order valence-corrected chi connectivity index (χ4v) is 2.99. The van der Waals surface area contributed by atoms with Crippen LogP contribution in [-0.4, -0.2) is 44.8 Å². The van der Waals surface area contributed by atoms with Crippen molar-refractivity contribution in [2.75, 3.05) is 26.4 Å². The molecule has 0 N–H and O–H groups in total. The molecule has 0 bridgehead atoms. The van der Waals surface area contributed by atoms with Gasteiger partial charge in [-0.05, 0) is 66.6 Å². The van der Waals surface area contributed by atoms with Crippen LogP contribution >= 0.6 is 0 Å². The van der Waals surface area contributed by atoms with Crippen LogP contribution in [-0.2, 0) is 19.1 Å². The van der Waals surface area contributed by atoms with Gasteiger partial charge in [0.05, 0.1) is 5.56 Å². The zero-order valence-electron chi connectivity index (χ0n) is 19.8. The Balaban J connectivity index is 1.48. The van der Waals surface area contributed by atoms with Gasteiger partial charge in [0.15, 0.2) is 0 Å². The normalized spacial score (nSPS) is 10.1. The van der Waals surface area contributed by atoms with Crippen molar-refractivity contribution in [2.45, 2.75) is 6.92 Å². The predicted molar refractivity (Wildman–Crippen MR) is 132 cm³/mol. The maximum Gasteiger partial charge on any atom is 0.343 e. The van der Waals surface area contributed by atoms with Gasteiger partial charge in [0.25, 0.3) is 6.47 Å². The smallest absolute Gasteiger partial charge is 0.343 e. The largest absolute Gasteiger partial charge is 0.490 e. The second-order valence-electron chi connectivity index (χ2n) is 7.54. The van der Waals surface area contributed by atoms with Crippen LogP contribution in [0.15, 0.2) is 84.9 Å². The SMILES string of the molecule is C=C(C)C(=O)OCCOc1ccc(OC(=O)c2ccc(-c3ccc(OCCOC=O)cc3)cc2)cc1. The van der Waals surface area contributed by atoms with Gasteiger partial charge >= 0.3 is 11.9 Å². The molecule has 8 heteroatoms. The van der Waals surface area contributed by atoms with Crippen LogP contribution in [0.1, 0.15) is 17.3 Å². The molecule has 0 spiro atoms. The molecule has 0 saturated heterocycles. The molecule has 0 atom stereocenters. The van der Waals surface area contributed by atoms with Gasteiger partial charge < -0.3 is 23.7 Å². The van der Waals surface area contributed by atoms with Crippen molar-refractivity contribution in [2.24, 2.45) is 0 Å². The molecule has 3 aromatic rings. The first-order valence-electron chi connectivity index (χ1n) is 11.1. The molecule has 0 amide bonds. The number of hydrogen-bond donors (Lipinski definition) is 0. The van der Waals surface area contributed by atoms with Crippen LogP contribution in [0.3, 0.4) is 0 Å². The summed E-state index contributed by atoms with van der Waals surface area (Å²) in [6, 6.07) is 21.1. The van der Waals surface area contributed by atoms with Crippen molar-refractivity contribution in [3.05, 3.63) is 90.5 Å². The molecule has 0 fully saturated rings. The molecule has 0 radical (unpaired) electrons. The van der Waals surface area contributed by atoms with E-state index in [0.29, 0.717) is 34.9 Å². The monoisotopic (exact) mass is 490 g/mol. The highest BCUT2D eigenvalue weighted by atomic mass is 16.6. The van der Waals surface area contributed by atoms with Gasteiger partial charge in [-0.3, -0.25) is 4.79 Å². The van der Waals surface area contributed by atoms with E-state index in [4.69, 9.17) is 18.9 Å². The summed E-state index contributed by atoms with van der Waals surface area (Å²) in [5.74, 6) is 0.644. The third-order valence-electron chi connectivity index (χ3n) is 4.81. The van der Waals surface area contributed by atoms with E-state index in [1.807, 2.05) is 36.4 Å². The van der Waals surface area contributed by atoms with E-state index in [9.17, 15) is 14.4 Å². The molecule has 3 rings (SSSR count). The Labute approximate surface area is 209 Å². The van der Waals surface area contributed by atoms with Gasteiger partial charge in [0, 0.05) is 5.57 Å². The van der Waals surface area contributed by atoms with Crippen LogP contribution in [0, 0.1) is 0 Å². The summed E-state index contributed by atoms with van der Waals surface area (Å²) in [5, 5.41) is 0. The molecule has 0 aliphatic rings. The Bertz CT molecular complexity index is 1170. The molecular weight excluding hydrogens is 464 g/mol. The maximum atomic E-state index is 12.5. The lowest BCUT2D eigenvalue weighted by Gasteiger charge is -2.09. The molecule has 0 unspecified atom stereocenters. The number of esters is 2. The summed E-state index contributed by atoms with van der Waals surface area (Å²) in [5.41, 5.74) is 2.62. The molecule has 0 aromatic heterocycles. The summed E-state index contributed by atoms with van der Waals surface area (Å²) >= 11 is 0. The van der Waals surface area contributed by atoms with E-state index in [-0.39, 0.29) is 26.4 Å². The third-order valence-corrected chi connectivity index (χ3v) is 4.81. The standard InChI is InChI=1S/C28H26O8/c1-20(2)27(30)35-18-17-34-25-11-13-26(14-12-25)36-28(31)23-5-3-21(4-6-23)22-7-9-24(10-8-22)33-16-15-32-19-29/h3-14,19H,1,15-18H2,2H3. The van der Waals surface area contributed by atoms with E-state index in [1.54, 1.807) is 43.3 Å². The van der Waals surface area contributed by atoms with Crippen molar-refractivity contribution in [1.29, 1.82) is 0 Å². The van der Waals surface area contributed by atoms with Gasteiger partial charge in [0.1, 0.15) is 43.7 Å². The van der Waals surface area contributed by atoms with Gasteiger partial charge in [-0.15, -0.1) is 0 Å². The Morgan fingerprint density at radius 2 is 1.22 bits per heavy atom. The Morgan fingerprint density at radius 1 is 0.722 bits per heavy atom. The molecule has 8 nitrogen and oxygen atoms in total. The molecule has 0 aliphatic heterocycles. The fourth-order valence-electron chi connectivity index (χ4n) is 2.99. The molecule has 36 heavy (non-hydrogen) atoms. The van der Waals surface area contributed by atoms with E-state index in [2.05, 4.69) is 11.3 Å². The summed E-state index contributed by atoms with van der Waals surface area (Å²) < 4.78 is 26.0. The maximum absolute atomic E-state index is 12.5. The topological polar surface area (TPSA) is 97.4 Å². The average molecular weight is 491 g/mol. The molecule has 3 aromatic carbocycles. The van der Waals surface area contributed by atoms with Crippen molar-refractivity contribution in [3.63, 3.8) is 0 Å². The highest BCUT2D eigenvalue weighted by Gasteiger charge is 2.10. The molecule has 0 aliphatic carbocycles. The number of carbonyl (C=O) groups excluding carboxylic acids is 3. The van der Waals surface area contributed by atoms with Crippen LogP contribution < -0.4 is 14.2 Å². The van der Waals surface area contributed by atoms with E-state index >= 15 is 0 Å². The number of benzene rings is 3. The van der Waals surface area contributed by atoms with Crippen LogP contribution in [0.5, 0.6) is 17.2 Å². The molecule has 186 valence electrons. The van der Waals surface area contributed by atoms with Crippen LogP contribution in [0.2, 0.25) is 0 Å². The minimum absolute atomic E-state index is 0.105. The first kappa shape index (κ1) is 26.0. The number of ether oxygens (including phenoxy) is 5. The average Bonchev–Trinajstić information content (AvgIpc) is 2.90. The summed E-state index contributed by atoms with van der Waals surface area (Å²) in [4.78, 5) is 34.0. The zero-order valence-corrected chi connectivity index (χ0v) is 19.8. The number of rotatable bonds is 13. The van der Waals surface area contributed by atoms with Gasteiger partial charge in [-0.2, -0.15) is 0 Å². The van der Waals surface area contributed by atoms with Crippen molar-refractivity contribution in [1.82, 2.24) is 0 Å². The number of hydrogen-bond acceptors (Lipinski definition) is 8. The highest BCUT2D eigenvalue weighted by Crippen LogP contribution is 2.24. The van der Waals surface area contributed by atoms with Gasteiger partial charge in [-0.25, -0.2) is 9.59 Å². The quantitative estimate of drug-likeness (QED) is 0.113. The minimum atomic E-state index is -0.483. The van der Waals surface area contributed by atoms with Crippen LogP contribution in [0.4, 0.5) is 0 Å². The fraction of sp³-hybridized carbons (Fsp3) is 0.179. The summed E-state index contributed by atoms with van der Waals surface area (Å²) in [6.07, 6.45) is 0. The van der Waals surface area contributed by atoms with E-state index in [0.717, 1.165) is 11.1 Å². The lowest BCUT2D eigenvalue weighted by atomic mass is 10.0. The first-order chi connectivity index (χ1) is 17.5. The number of carbonyl (C=O) groups is 3. The Hall–Kier alpha value is -4.59. The van der Waals surface area contributed by atoms with Crippen LogP contribution in [0.25, 0.3) is 11.1 Å². The first-order valence-corrected chi connectivity index (χ1v) is 11.1. The molecule has 0 saturated carbocycles. The predicted octanol–water partition coefficient (Wildman–Crippen LogP) is 4.62. The van der Waals surface area contributed by atoms with Gasteiger partial charge in [0.2, 0.25) is 0 Å². The molecule has 0 heterocycles.